The number of nitrogens with two attached hydrogens (primary N) is 1. The van der Waals surface area contributed by atoms with E-state index in [2.05, 4.69) is 10.3 Å². The van der Waals surface area contributed by atoms with Gasteiger partial charge in [0.25, 0.3) is 0 Å². The number of aromatic nitrogens is 2. The van der Waals surface area contributed by atoms with Gasteiger partial charge in [-0.05, 0) is 26.0 Å². The number of para-hydroxylation sites is 1. The number of rotatable bonds is 7. The van der Waals surface area contributed by atoms with Gasteiger partial charge in [0.2, 0.25) is 0 Å². The van der Waals surface area contributed by atoms with Crippen molar-refractivity contribution < 1.29 is 23.8 Å². The number of carbonyl (C=O) groups is 2. The van der Waals surface area contributed by atoms with Gasteiger partial charge in [0, 0.05) is 18.7 Å². The van der Waals surface area contributed by atoms with E-state index in [-0.39, 0.29) is 23.9 Å². The van der Waals surface area contributed by atoms with Gasteiger partial charge in [-0.2, -0.15) is 0 Å². The molecule has 1 saturated heterocycles. The molecule has 30 heavy (non-hydrogen) atoms. The van der Waals surface area contributed by atoms with Gasteiger partial charge in [-0.1, -0.05) is 12.1 Å². The minimum Gasteiger partial charge on any atom is -0.488 e. The first-order valence-electron chi connectivity index (χ1n) is 9.75. The maximum Gasteiger partial charge on any atom is 0.361 e. The first-order valence-corrected chi connectivity index (χ1v) is 9.75. The summed E-state index contributed by atoms with van der Waals surface area (Å²) in [6, 6.07) is 6.22. The number of ether oxygens (including phenoxy) is 3. The van der Waals surface area contributed by atoms with Crippen molar-refractivity contribution in [2.75, 3.05) is 49.7 Å². The lowest BCUT2D eigenvalue weighted by molar-refractivity contribution is 0.0514. The van der Waals surface area contributed by atoms with Crippen molar-refractivity contribution in [1.82, 2.24) is 9.97 Å². The van der Waals surface area contributed by atoms with Crippen LogP contribution in [0.4, 0.5) is 16.3 Å². The van der Waals surface area contributed by atoms with Crippen LogP contribution in [0.1, 0.15) is 24.3 Å². The fourth-order valence-electron chi connectivity index (χ4n) is 3.08. The molecule has 0 atom stereocenters. The van der Waals surface area contributed by atoms with Crippen LogP contribution >= 0.6 is 0 Å². The molecule has 1 aliphatic heterocycles. The lowest BCUT2D eigenvalue weighted by Gasteiger charge is -2.30. The summed E-state index contributed by atoms with van der Waals surface area (Å²) < 4.78 is 16.4. The van der Waals surface area contributed by atoms with Gasteiger partial charge in [0.1, 0.15) is 0 Å². The summed E-state index contributed by atoms with van der Waals surface area (Å²) in [4.78, 5) is 35.2. The van der Waals surface area contributed by atoms with Crippen LogP contribution in [0.15, 0.2) is 24.3 Å². The lowest BCUT2D eigenvalue weighted by Crippen LogP contribution is -2.37. The number of amides is 2. The topological polar surface area (TPSA) is 129 Å². The zero-order valence-electron chi connectivity index (χ0n) is 17.0. The Labute approximate surface area is 174 Å². The van der Waals surface area contributed by atoms with Gasteiger partial charge < -0.3 is 30.2 Å². The van der Waals surface area contributed by atoms with E-state index in [1.165, 1.54) is 0 Å². The number of esters is 1. The summed E-state index contributed by atoms with van der Waals surface area (Å²) in [5.41, 5.74) is 6.26. The van der Waals surface area contributed by atoms with E-state index in [4.69, 9.17) is 24.9 Å². The Kier molecular flexibility index (Phi) is 7.02. The molecule has 160 valence electrons. The Bertz CT molecular complexity index is 914. The minimum atomic E-state index is -0.715. The summed E-state index contributed by atoms with van der Waals surface area (Å²) in [5, 5.41) is 2.56. The van der Waals surface area contributed by atoms with Gasteiger partial charge in [-0.3, -0.25) is 0 Å². The van der Waals surface area contributed by atoms with Crippen molar-refractivity contribution in [3.63, 3.8) is 0 Å². The summed E-state index contributed by atoms with van der Waals surface area (Å²) in [5.74, 6) is 0.371. The number of primary amides is 1. The highest BCUT2D eigenvalue weighted by molar-refractivity contribution is 5.95. The first kappa shape index (κ1) is 21.3. The number of urea groups is 1. The predicted octanol–water partition coefficient (Wildman–Crippen LogP) is 2.05. The maximum absolute atomic E-state index is 12.7. The van der Waals surface area contributed by atoms with E-state index < -0.39 is 12.0 Å². The van der Waals surface area contributed by atoms with Gasteiger partial charge in [0.15, 0.2) is 23.1 Å². The zero-order chi connectivity index (χ0) is 21.5. The SMILES string of the molecule is CCOC(=O)c1nc(-c2ccccc2NC(N)=O)nc(N2CCOCC2)c1OCC. The average molecular weight is 415 g/mol. The Balaban J connectivity index is 2.20. The van der Waals surface area contributed by atoms with Crippen LogP contribution < -0.4 is 20.7 Å². The van der Waals surface area contributed by atoms with Crippen molar-refractivity contribution in [3.05, 3.63) is 30.0 Å². The molecule has 3 N–H and O–H groups in total. The third kappa shape index (κ3) is 4.77. The van der Waals surface area contributed by atoms with Crippen LogP contribution in [-0.4, -0.2) is 61.5 Å². The molecule has 1 aliphatic rings. The van der Waals surface area contributed by atoms with Crippen molar-refractivity contribution >= 4 is 23.5 Å². The molecular weight excluding hydrogens is 390 g/mol. The number of morpholine rings is 1. The summed E-state index contributed by atoms with van der Waals surface area (Å²) in [6.45, 7) is 6.27. The van der Waals surface area contributed by atoms with Crippen LogP contribution in [0, 0.1) is 0 Å². The number of anilines is 2. The van der Waals surface area contributed by atoms with Crippen LogP contribution in [0.5, 0.6) is 5.75 Å². The predicted molar refractivity (Wildman–Crippen MR) is 111 cm³/mol. The van der Waals surface area contributed by atoms with Crippen molar-refractivity contribution in [1.29, 1.82) is 0 Å². The fourth-order valence-corrected chi connectivity index (χ4v) is 3.08. The van der Waals surface area contributed by atoms with Crippen molar-refractivity contribution in [3.8, 4) is 17.1 Å². The number of nitrogens with one attached hydrogen (secondary N) is 1. The highest BCUT2D eigenvalue weighted by Gasteiger charge is 2.28. The second-order valence-corrected chi connectivity index (χ2v) is 6.34. The molecular formula is C20H25N5O5. The van der Waals surface area contributed by atoms with E-state index in [1.54, 1.807) is 31.2 Å². The maximum atomic E-state index is 12.7. The highest BCUT2D eigenvalue weighted by atomic mass is 16.5. The van der Waals surface area contributed by atoms with Gasteiger partial charge in [0.05, 0.1) is 32.1 Å². The molecule has 0 unspecified atom stereocenters. The van der Waals surface area contributed by atoms with Crippen LogP contribution in [0.25, 0.3) is 11.4 Å². The van der Waals surface area contributed by atoms with E-state index in [0.717, 1.165) is 0 Å². The highest BCUT2D eigenvalue weighted by Crippen LogP contribution is 2.35. The molecule has 2 aromatic rings. The van der Waals surface area contributed by atoms with Crippen LogP contribution in [0.2, 0.25) is 0 Å². The fraction of sp³-hybridized carbons (Fsp3) is 0.400. The normalized spacial score (nSPS) is 13.6. The Morgan fingerprint density at radius 1 is 1.17 bits per heavy atom. The quantitative estimate of drug-likeness (QED) is 0.658. The number of benzene rings is 1. The largest absolute Gasteiger partial charge is 0.488 e. The Morgan fingerprint density at radius 2 is 1.90 bits per heavy atom. The molecule has 10 nitrogen and oxygen atoms in total. The third-order valence-corrected chi connectivity index (χ3v) is 4.34. The summed E-state index contributed by atoms with van der Waals surface area (Å²) in [6.07, 6.45) is 0. The lowest BCUT2D eigenvalue weighted by atomic mass is 10.1. The molecule has 0 spiro atoms. The van der Waals surface area contributed by atoms with Gasteiger partial charge in [-0.25, -0.2) is 19.6 Å². The van der Waals surface area contributed by atoms with Crippen molar-refractivity contribution in [2.24, 2.45) is 5.73 Å². The Morgan fingerprint density at radius 3 is 2.57 bits per heavy atom. The standard InChI is InChI=1S/C20H25N5O5/c1-3-29-16-15(19(26)30-4-2)23-17(24-18(16)25-9-11-28-12-10-25)13-7-5-6-8-14(13)22-20(21)27/h5-8H,3-4,9-12H2,1-2H3,(H3,21,22,27). The molecule has 0 aliphatic carbocycles. The molecule has 2 heterocycles. The zero-order valence-corrected chi connectivity index (χ0v) is 17.0. The molecule has 3 rings (SSSR count). The van der Waals surface area contributed by atoms with E-state index >= 15 is 0 Å². The van der Waals surface area contributed by atoms with E-state index in [9.17, 15) is 9.59 Å². The summed E-state index contributed by atoms with van der Waals surface area (Å²) in [7, 11) is 0. The third-order valence-electron chi connectivity index (χ3n) is 4.34. The molecule has 1 aromatic heterocycles. The number of nitrogens with zero attached hydrogens (tertiary/aromatic N) is 3. The molecule has 10 heteroatoms. The number of carbonyl (C=O) groups excluding carboxylic acids is 2. The van der Waals surface area contributed by atoms with E-state index in [1.807, 2.05) is 11.8 Å². The van der Waals surface area contributed by atoms with Gasteiger partial charge in [-0.15, -0.1) is 0 Å². The monoisotopic (exact) mass is 415 g/mol. The smallest absolute Gasteiger partial charge is 0.361 e. The molecule has 0 saturated carbocycles. The van der Waals surface area contributed by atoms with Gasteiger partial charge >= 0.3 is 12.0 Å². The molecule has 0 bridgehead atoms. The molecule has 2 amide bonds. The van der Waals surface area contributed by atoms with E-state index in [0.29, 0.717) is 50.0 Å². The molecule has 1 fully saturated rings. The summed E-state index contributed by atoms with van der Waals surface area (Å²) >= 11 is 0. The Hall–Kier alpha value is -3.40. The second-order valence-electron chi connectivity index (χ2n) is 6.34. The van der Waals surface area contributed by atoms with Crippen molar-refractivity contribution in [2.45, 2.75) is 13.8 Å². The average Bonchev–Trinajstić information content (AvgIpc) is 2.75. The molecule has 0 radical (unpaired) electrons. The first-order chi connectivity index (χ1) is 14.5. The van der Waals surface area contributed by atoms with Crippen LogP contribution in [-0.2, 0) is 9.47 Å². The number of hydrogen-bond donors (Lipinski definition) is 2. The van der Waals surface area contributed by atoms with Crippen LogP contribution in [0.3, 0.4) is 0 Å². The minimum absolute atomic E-state index is 0.0269. The second kappa shape index (κ2) is 9.88. The number of hydrogen-bond acceptors (Lipinski definition) is 8. The molecule has 1 aromatic carbocycles.